The van der Waals surface area contributed by atoms with Crippen LogP contribution in [0.2, 0.25) is 0 Å². The maximum absolute atomic E-state index is 13.7. The first-order valence-electron chi connectivity index (χ1n) is 7.27. The molecule has 2 rings (SSSR count). The van der Waals surface area contributed by atoms with Crippen molar-refractivity contribution < 1.29 is 26.0 Å². The predicted octanol–water partition coefficient (Wildman–Crippen LogP) is 0.0917. The Kier molecular flexibility index (Phi) is 5.31. The van der Waals surface area contributed by atoms with Gasteiger partial charge in [-0.1, -0.05) is 12.1 Å². The van der Waals surface area contributed by atoms with Crippen molar-refractivity contribution in [2.75, 3.05) is 32.4 Å². The van der Waals surface area contributed by atoms with Crippen LogP contribution in [-0.4, -0.2) is 69.6 Å². The molecule has 0 aliphatic carbocycles. The molecule has 0 saturated carbocycles. The van der Waals surface area contributed by atoms with Crippen LogP contribution in [0.5, 0.6) is 0 Å². The lowest BCUT2D eigenvalue weighted by atomic mass is 10.3. The Labute approximate surface area is 141 Å². The summed E-state index contributed by atoms with van der Waals surface area (Å²) < 4.78 is 62.7. The number of halogens is 1. The average molecular weight is 378 g/mol. The molecular weight excluding hydrogens is 359 g/mol. The van der Waals surface area contributed by atoms with E-state index < -0.39 is 41.7 Å². The van der Waals surface area contributed by atoms with Crippen LogP contribution in [0.15, 0.2) is 29.2 Å². The van der Waals surface area contributed by atoms with E-state index in [4.69, 9.17) is 0 Å². The van der Waals surface area contributed by atoms with Gasteiger partial charge in [-0.05, 0) is 19.1 Å². The molecule has 1 atom stereocenters. The first kappa shape index (κ1) is 18.8. The topological polar surface area (TPSA) is 91.8 Å². The van der Waals surface area contributed by atoms with Gasteiger partial charge >= 0.3 is 0 Å². The van der Waals surface area contributed by atoms with Crippen molar-refractivity contribution in [3.05, 3.63) is 30.1 Å². The molecule has 1 amide bonds. The molecule has 1 unspecified atom stereocenters. The van der Waals surface area contributed by atoms with Gasteiger partial charge in [0.2, 0.25) is 15.9 Å². The first-order chi connectivity index (χ1) is 11.0. The van der Waals surface area contributed by atoms with E-state index in [1.165, 1.54) is 30.0 Å². The standard InChI is InChI=1S/C14H19FN2O5S2/c1-11(23(2,19)20)14(18)16-7-9-17(10-8-16)24(21,22)13-6-4-3-5-12(13)15/h3-6,11H,7-10H2,1-2H3. The van der Waals surface area contributed by atoms with E-state index in [2.05, 4.69) is 0 Å². The Morgan fingerprint density at radius 3 is 2.12 bits per heavy atom. The van der Waals surface area contributed by atoms with Crippen LogP contribution in [0.4, 0.5) is 4.39 Å². The van der Waals surface area contributed by atoms with Crippen LogP contribution < -0.4 is 0 Å². The highest BCUT2D eigenvalue weighted by molar-refractivity contribution is 7.92. The van der Waals surface area contributed by atoms with Crippen molar-refractivity contribution >= 4 is 25.8 Å². The van der Waals surface area contributed by atoms with Gasteiger partial charge in [-0.25, -0.2) is 21.2 Å². The number of nitrogens with zero attached hydrogens (tertiary/aromatic N) is 2. The molecule has 1 aromatic carbocycles. The average Bonchev–Trinajstić information content (AvgIpc) is 2.53. The maximum Gasteiger partial charge on any atom is 0.246 e. The van der Waals surface area contributed by atoms with Crippen molar-refractivity contribution in [3.63, 3.8) is 0 Å². The van der Waals surface area contributed by atoms with Gasteiger partial charge < -0.3 is 4.90 Å². The summed E-state index contributed by atoms with van der Waals surface area (Å²) in [4.78, 5) is 13.1. The molecule has 0 bridgehead atoms. The quantitative estimate of drug-likeness (QED) is 0.741. The number of carbonyl (C=O) groups excluding carboxylic acids is 1. The van der Waals surface area contributed by atoms with E-state index >= 15 is 0 Å². The van der Waals surface area contributed by atoms with Crippen LogP contribution in [0.25, 0.3) is 0 Å². The van der Waals surface area contributed by atoms with Gasteiger partial charge in [0.1, 0.15) is 16.0 Å². The summed E-state index contributed by atoms with van der Waals surface area (Å²) in [7, 11) is -7.50. The normalized spacial score (nSPS) is 18.4. The van der Waals surface area contributed by atoms with E-state index in [0.29, 0.717) is 0 Å². The minimum atomic E-state index is -3.99. The molecule has 7 nitrogen and oxygen atoms in total. The van der Waals surface area contributed by atoms with Crippen molar-refractivity contribution in [1.82, 2.24) is 9.21 Å². The van der Waals surface area contributed by atoms with Gasteiger partial charge in [-0.15, -0.1) is 0 Å². The molecule has 1 heterocycles. The number of benzene rings is 1. The Bertz CT molecular complexity index is 830. The van der Waals surface area contributed by atoms with E-state index in [1.807, 2.05) is 0 Å². The van der Waals surface area contributed by atoms with Crippen molar-refractivity contribution in [1.29, 1.82) is 0 Å². The Morgan fingerprint density at radius 1 is 1.08 bits per heavy atom. The zero-order valence-corrected chi connectivity index (χ0v) is 15.0. The number of amides is 1. The first-order valence-corrected chi connectivity index (χ1v) is 10.7. The van der Waals surface area contributed by atoms with Gasteiger partial charge in [0.25, 0.3) is 0 Å². The number of sulfonamides is 1. The smallest absolute Gasteiger partial charge is 0.246 e. The van der Waals surface area contributed by atoms with E-state index in [1.54, 1.807) is 0 Å². The van der Waals surface area contributed by atoms with Crippen LogP contribution in [-0.2, 0) is 24.7 Å². The molecule has 24 heavy (non-hydrogen) atoms. The van der Waals surface area contributed by atoms with Crippen LogP contribution in [0.3, 0.4) is 0 Å². The zero-order chi connectivity index (χ0) is 18.1. The summed E-state index contributed by atoms with van der Waals surface area (Å²) in [5.74, 6) is -1.39. The van der Waals surface area contributed by atoms with Crippen LogP contribution >= 0.6 is 0 Å². The fraction of sp³-hybridized carbons (Fsp3) is 0.500. The summed E-state index contributed by atoms with van der Waals surface area (Å²) in [6.07, 6.45) is 0.981. The summed E-state index contributed by atoms with van der Waals surface area (Å²) in [6.45, 7) is 1.40. The molecule has 0 N–H and O–H groups in total. The number of carbonyl (C=O) groups is 1. The van der Waals surface area contributed by atoms with Crippen molar-refractivity contribution in [3.8, 4) is 0 Å². The second-order valence-corrected chi connectivity index (χ2v) is 9.90. The highest BCUT2D eigenvalue weighted by Gasteiger charge is 2.34. The van der Waals surface area contributed by atoms with E-state index in [-0.39, 0.29) is 26.2 Å². The third-order valence-corrected chi connectivity index (χ3v) is 7.41. The molecule has 0 spiro atoms. The lowest BCUT2D eigenvalue weighted by molar-refractivity contribution is -0.131. The van der Waals surface area contributed by atoms with Gasteiger partial charge in [0.15, 0.2) is 9.84 Å². The van der Waals surface area contributed by atoms with Gasteiger partial charge in [0, 0.05) is 32.4 Å². The number of hydrogen-bond donors (Lipinski definition) is 0. The second-order valence-electron chi connectivity index (χ2n) is 5.63. The Balaban J connectivity index is 2.11. The lowest BCUT2D eigenvalue weighted by Crippen LogP contribution is -2.53. The van der Waals surface area contributed by atoms with Crippen molar-refractivity contribution in [2.45, 2.75) is 17.1 Å². The molecular formula is C14H19FN2O5S2. The molecule has 134 valence electrons. The molecule has 0 radical (unpaired) electrons. The number of sulfone groups is 1. The molecule has 0 aromatic heterocycles. The van der Waals surface area contributed by atoms with Crippen molar-refractivity contribution in [2.24, 2.45) is 0 Å². The SMILES string of the molecule is CC(C(=O)N1CCN(S(=O)(=O)c2ccccc2F)CC1)S(C)(=O)=O. The predicted molar refractivity (Wildman–Crippen MR) is 86.0 cm³/mol. The van der Waals surface area contributed by atoms with Gasteiger partial charge in [-0.2, -0.15) is 4.31 Å². The Morgan fingerprint density at radius 2 is 1.62 bits per heavy atom. The summed E-state index contributed by atoms with van der Waals surface area (Å²) in [5, 5.41) is -1.17. The summed E-state index contributed by atoms with van der Waals surface area (Å²) in [6, 6.07) is 5.09. The highest BCUT2D eigenvalue weighted by atomic mass is 32.2. The van der Waals surface area contributed by atoms with Gasteiger partial charge in [-0.3, -0.25) is 4.79 Å². The molecule has 1 fully saturated rings. The largest absolute Gasteiger partial charge is 0.339 e. The number of piperazine rings is 1. The van der Waals surface area contributed by atoms with E-state index in [9.17, 15) is 26.0 Å². The molecule has 1 aliphatic rings. The number of hydrogen-bond acceptors (Lipinski definition) is 5. The molecule has 1 aromatic rings. The Hall–Kier alpha value is -1.52. The van der Waals surface area contributed by atoms with Crippen LogP contribution in [0.1, 0.15) is 6.92 Å². The molecule has 1 saturated heterocycles. The third-order valence-electron chi connectivity index (χ3n) is 3.99. The third kappa shape index (κ3) is 3.76. The second kappa shape index (κ2) is 6.77. The minimum absolute atomic E-state index is 0.0150. The lowest BCUT2D eigenvalue weighted by Gasteiger charge is -2.35. The van der Waals surface area contributed by atoms with Gasteiger partial charge in [0.05, 0.1) is 0 Å². The summed E-state index contributed by atoms with van der Waals surface area (Å²) in [5.41, 5.74) is 0. The molecule has 1 aliphatic heterocycles. The monoisotopic (exact) mass is 378 g/mol. The zero-order valence-electron chi connectivity index (χ0n) is 13.3. The minimum Gasteiger partial charge on any atom is -0.339 e. The fourth-order valence-corrected chi connectivity index (χ4v) is 4.38. The highest BCUT2D eigenvalue weighted by Crippen LogP contribution is 2.20. The number of rotatable bonds is 4. The molecule has 10 heteroatoms. The van der Waals surface area contributed by atoms with Crippen LogP contribution in [0, 0.1) is 5.82 Å². The summed E-state index contributed by atoms with van der Waals surface area (Å²) >= 11 is 0. The van der Waals surface area contributed by atoms with E-state index in [0.717, 1.165) is 16.6 Å². The fourth-order valence-electron chi connectivity index (χ4n) is 2.38. The maximum atomic E-state index is 13.7.